The van der Waals surface area contributed by atoms with Gasteiger partial charge in [-0.1, -0.05) is 30.3 Å². The molecule has 1 atom stereocenters. The maximum atomic E-state index is 12.9. The molecule has 0 aliphatic carbocycles. The van der Waals surface area contributed by atoms with Crippen molar-refractivity contribution in [1.82, 2.24) is 9.47 Å². The number of nitrogens with zero attached hydrogens (tertiary/aromatic N) is 2. The Morgan fingerprint density at radius 2 is 1.92 bits per heavy atom. The highest BCUT2D eigenvalue weighted by Crippen LogP contribution is 2.25. The quantitative estimate of drug-likeness (QED) is 0.907. The normalized spacial score (nSPS) is 17.5. The fraction of sp³-hybridized carbons (Fsp3) is 0.400. The molecular formula is C20H24N2O3. The molecule has 0 radical (unpaired) electrons. The lowest BCUT2D eigenvalue weighted by atomic mass is 9.93. The second-order valence-corrected chi connectivity index (χ2v) is 6.72. The standard InChI is InChI=1S/C20H24N2O3/c1-21-17(16-7-3-2-4-8-16)10-11-18(21)20(25)22-13-5-6-15(14-22)9-12-19(23)24/h2-4,7-8,10-11,15H,5-6,9,12-14H2,1H3,(H,23,24)/t15-/m0/s1. The van der Waals surface area contributed by atoms with Crippen LogP contribution in [0.25, 0.3) is 11.3 Å². The fourth-order valence-corrected chi connectivity index (χ4v) is 3.60. The molecule has 0 spiro atoms. The number of carbonyl (C=O) groups excluding carboxylic acids is 1. The molecule has 1 aliphatic rings. The summed E-state index contributed by atoms with van der Waals surface area (Å²) in [5.41, 5.74) is 2.78. The number of hydrogen-bond donors (Lipinski definition) is 1. The molecule has 5 heteroatoms. The number of aromatic nitrogens is 1. The van der Waals surface area contributed by atoms with E-state index in [1.54, 1.807) is 0 Å². The van der Waals surface area contributed by atoms with E-state index in [9.17, 15) is 9.59 Å². The van der Waals surface area contributed by atoms with Gasteiger partial charge in [-0.15, -0.1) is 0 Å². The Morgan fingerprint density at radius 3 is 2.64 bits per heavy atom. The van der Waals surface area contributed by atoms with E-state index >= 15 is 0 Å². The van der Waals surface area contributed by atoms with Gasteiger partial charge in [0.2, 0.25) is 0 Å². The van der Waals surface area contributed by atoms with Crippen molar-refractivity contribution in [1.29, 1.82) is 0 Å². The third-order valence-corrected chi connectivity index (χ3v) is 4.98. The number of carboxylic acid groups (broad SMARTS) is 1. The molecule has 132 valence electrons. The average Bonchev–Trinajstić information content (AvgIpc) is 3.02. The molecule has 0 bridgehead atoms. The van der Waals surface area contributed by atoms with Crippen LogP contribution in [0.2, 0.25) is 0 Å². The van der Waals surface area contributed by atoms with Gasteiger partial charge in [-0.05, 0) is 42.9 Å². The van der Waals surface area contributed by atoms with Crippen LogP contribution < -0.4 is 0 Å². The zero-order valence-electron chi connectivity index (χ0n) is 14.5. The van der Waals surface area contributed by atoms with E-state index < -0.39 is 5.97 Å². The molecule has 1 aliphatic heterocycles. The molecule has 3 rings (SSSR count). The summed E-state index contributed by atoms with van der Waals surface area (Å²) in [5.74, 6) is -0.453. The Morgan fingerprint density at radius 1 is 1.16 bits per heavy atom. The molecule has 1 aromatic heterocycles. The number of hydrogen-bond acceptors (Lipinski definition) is 2. The minimum absolute atomic E-state index is 0.0321. The Labute approximate surface area is 147 Å². The van der Waals surface area contributed by atoms with Gasteiger partial charge < -0.3 is 14.6 Å². The lowest BCUT2D eigenvalue weighted by molar-refractivity contribution is -0.137. The molecule has 1 fully saturated rings. The predicted molar refractivity (Wildman–Crippen MR) is 96.3 cm³/mol. The molecular weight excluding hydrogens is 316 g/mol. The first kappa shape index (κ1) is 17.3. The van der Waals surface area contributed by atoms with Gasteiger partial charge in [-0.25, -0.2) is 0 Å². The molecule has 5 nitrogen and oxygen atoms in total. The lowest BCUT2D eigenvalue weighted by Crippen LogP contribution is -2.40. The van der Waals surface area contributed by atoms with Gasteiger partial charge in [-0.3, -0.25) is 9.59 Å². The first-order valence-corrected chi connectivity index (χ1v) is 8.78. The zero-order chi connectivity index (χ0) is 17.8. The van der Waals surface area contributed by atoms with Crippen molar-refractivity contribution in [3.05, 3.63) is 48.2 Å². The summed E-state index contributed by atoms with van der Waals surface area (Å²) < 4.78 is 1.94. The van der Waals surface area contributed by atoms with Crippen molar-refractivity contribution in [2.45, 2.75) is 25.7 Å². The summed E-state index contributed by atoms with van der Waals surface area (Å²) >= 11 is 0. The van der Waals surface area contributed by atoms with Crippen molar-refractivity contribution in [2.75, 3.05) is 13.1 Å². The van der Waals surface area contributed by atoms with Gasteiger partial charge in [0.15, 0.2) is 0 Å². The number of carboxylic acids is 1. The predicted octanol–water partition coefficient (Wildman–Crippen LogP) is 3.41. The highest BCUT2D eigenvalue weighted by molar-refractivity contribution is 5.94. The number of aliphatic carboxylic acids is 1. The van der Waals surface area contributed by atoms with E-state index in [4.69, 9.17) is 5.11 Å². The van der Waals surface area contributed by atoms with E-state index in [2.05, 4.69) is 0 Å². The highest BCUT2D eigenvalue weighted by Gasteiger charge is 2.26. The number of rotatable bonds is 5. The van der Waals surface area contributed by atoms with Crippen molar-refractivity contribution >= 4 is 11.9 Å². The van der Waals surface area contributed by atoms with Crippen LogP contribution in [-0.2, 0) is 11.8 Å². The number of likely N-dealkylation sites (tertiary alicyclic amines) is 1. The van der Waals surface area contributed by atoms with Crippen LogP contribution in [0.1, 0.15) is 36.2 Å². The summed E-state index contributed by atoms with van der Waals surface area (Å²) in [4.78, 5) is 25.6. The van der Waals surface area contributed by atoms with Crippen LogP contribution in [0.15, 0.2) is 42.5 Å². The maximum absolute atomic E-state index is 12.9. The summed E-state index contributed by atoms with van der Waals surface area (Å²) in [7, 11) is 1.92. The number of amides is 1. The molecule has 0 unspecified atom stereocenters. The zero-order valence-corrected chi connectivity index (χ0v) is 14.5. The van der Waals surface area contributed by atoms with E-state index in [1.807, 2.05) is 59.0 Å². The van der Waals surface area contributed by atoms with Crippen LogP contribution in [0.4, 0.5) is 0 Å². The Bertz CT molecular complexity index is 752. The Kier molecular flexibility index (Phi) is 5.22. The summed E-state index contributed by atoms with van der Waals surface area (Å²) in [6, 6.07) is 13.9. The maximum Gasteiger partial charge on any atom is 0.303 e. The lowest BCUT2D eigenvalue weighted by Gasteiger charge is -2.32. The van der Waals surface area contributed by atoms with Crippen molar-refractivity contribution in [3.63, 3.8) is 0 Å². The summed E-state index contributed by atoms with van der Waals surface area (Å²) in [6.07, 6.45) is 2.75. The summed E-state index contributed by atoms with van der Waals surface area (Å²) in [5, 5.41) is 8.86. The smallest absolute Gasteiger partial charge is 0.303 e. The van der Waals surface area contributed by atoms with Crippen molar-refractivity contribution in [3.8, 4) is 11.3 Å². The monoisotopic (exact) mass is 340 g/mol. The summed E-state index contributed by atoms with van der Waals surface area (Å²) in [6.45, 7) is 1.40. The number of carbonyl (C=O) groups is 2. The van der Waals surface area contributed by atoms with Gasteiger partial charge in [0, 0.05) is 32.3 Å². The third kappa shape index (κ3) is 3.92. The highest BCUT2D eigenvalue weighted by atomic mass is 16.4. The van der Waals surface area contributed by atoms with E-state index in [0.29, 0.717) is 18.7 Å². The van der Waals surface area contributed by atoms with E-state index in [1.165, 1.54) is 0 Å². The topological polar surface area (TPSA) is 62.5 Å². The van der Waals surface area contributed by atoms with Gasteiger partial charge in [0.1, 0.15) is 5.69 Å². The SMILES string of the molecule is Cn1c(C(=O)N2CCC[C@@H](CCC(=O)O)C2)ccc1-c1ccccc1. The molecule has 1 N–H and O–H groups in total. The molecule has 1 saturated heterocycles. The average molecular weight is 340 g/mol. The second-order valence-electron chi connectivity index (χ2n) is 6.72. The van der Waals surface area contributed by atoms with Gasteiger partial charge in [0.25, 0.3) is 5.91 Å². The molecule has 0 saturated carbocycles. The molecule has 1 aromatic carbocycles. The minimum atomic E-state index is -0.765. The van der Waals surface area contributed by atoms with Gasteiger partial charge in [-0.2, -0.15) is 0 Å². The molecule has 2 aromatic rings. The first-order chi connectivity index (χ1) is 12.1. The van der Waals surface area contributed by atoms with Crippen LogP contribution in [0.3, 0.4) is 0 Å². The van der Waals surface area contributed by atoms with Crippen LogP contribution in [0, 0.1) is 5.92 Å². The van der Waals surface area contributed by atoms with Crippen molar-refractivity contribution < 1.29 is 14.7 Å². The third-order valence-electron chi connectivity index (χ3n) is 4.98. The Balaban J connectivity index is 1.73. The van der Waals surface area contributed by atoms with Gasteiger partial charge >= 0.3 is 5.97 Å². The number of piperidine rings is 1. The van der Waals surface area contributed by atoms with Crippen LogP contribution >= 0.6 is 0 Å². The molecule has 25 heavy (non-hydrogen) atoms. The van der Waals surface area contributed by atoms with E-state index in [0.717, 1.165) is 30.6 Å². The van der Waals surface area contributed by atoms with Crippen molar-refractivity contribution in [2.24, 2.45) is 13.0 Å². The first-order valence-electron chi connectivity index (χ1n) is 8.78. The number of benzene rings is 1. The molecule has 1 amide bonds. The largest absolute Gasteiger partial charge is 0.481 e. The minimum Gasteiger partial charge on any atom is -0.481 e. The van der Waals surface area contributed by atoms with Crippen LogP contribution in [0.5, 0.6) is 0 Å². The van der Waals surface area contributed by atoms with Gasteiger partial charge in [0.05, 0.1) is 0 Å². The Hall–Kier alpha value is -2.56. The van der Waals surface area contributed by atoms with E-state index in [-0.39, 0.29) is 18.2 Å². The van der Waals surface area contributed by atoms with Crippen LogP contribution in [-0.4, -0.2) is 39.5 Å². The fourth-order valence-electron chi connectivity index (χ4n) is 3.60. The second kappa shape index (κ2) is 7.55. The molecule has 2 heterocycles.